The van der Waals surface area contributed by atoms with E-state index in [-0.39, 0.29) is 17.3 Å². The van der Waals surface area contributed by atoms with E-state index in [4.69, 9.17) is 9.47 Å². The van der Waals surface area contributed by atoms with Crippen molar-refractivity contribution >= 4 is 23.1 Å². The highest BCUT2D eigenvalue weighted by Crippen LogP contribution is 2.43. The second-order valence-electron chi connectivity index (χ2n) is 9.36. The molecule has 3 aromatic rings. The topological polar surface area (TPSA) is 99.9 Å². The number of Topliss-reactive ketones (excluding diaryl/α,β-unsaturated/α-hetero) is 1. The van der Waals surface area contributed by atoms with Crippen molar-refractivity contribution in [2.75, 3.05) is 18.6 Å². The summed E-state index contributed by atoms with van der Waals surface area (Å²) in [6, 6.07) is 20.0. The van der Waals surface area contributed by atoms with Gasteiger partial charge in [0.2, 0.25) is 0 Å². The van der Waals surface area contributed by atoms with E-state index >= 15 is 0 Å². The quantitative estimate of drug-likeness (QED) is 0.223. The summed E-state index contributed by atoms with van der Waals surface area (Å²) in [5.74, 6) is -0.364. The average molecular weight is 511 g/mol. The number of carbonyl (C=O) groups excluding carboxylic acids is 2. The van der Waals surface area contributed by atoms with Gasteiger partial charge in [0.05, 0.1) is 37.0 Å². The molecule has 0 spiro atoms. The molecule has 1 unspecified atom stereocenters. The summed E-state index contributed by atoms with van der Waals surface area (Å²) < 4.78 is 11.2. The lowest BCUT2D eigenvalue weighted by atomic mass is 9.93. The molecule has 1 amide bonds. The number of ether oxygens (including phenoxy) is 2. The zero-order chi connectivity index (χ0) is 27.4. The third kappa shape index (κ3) is 4.98. The van der Waals surface area contributed by atoms with Crippen molar-refractivity contribution in [2.45, 2.75) is 39.2 Å². The smallest absolute Gasteiger partial charge is 0.300 e. The van der Waals surface area contributed by atoms with Crippen LogP contribution in [0.4, 0.5) is 5.69 Å². The van der Waals surface area contributed by atoms with Crippen LogP contribution in [0, 0.1) is 11.3 Å². The highest BCUT2D eigenvalue weighted by atomic mass is 16.5. The van der Waals surface area contributed by atoms with E-state index in [1.807, 2.05) is 20.8 Å². The van der Waals surface area contributed by atoms with Crippen molar-refractivity contribution < 1.29 is 24.2 Å². The number of aliphatic hydroxyl groups is 1. The first kappa shape index (κ1) is 26.5. The van der Waals surface area contributed by atoms with Crippen molar-refractivity contribution in [3.8, 4) is 17.6 Å². The zero-order valence-electron chi connectivity index (χ0n) is 21.9. The maximum atomic E-state index is 13.5. The van der Waals surface area contributed by atoms with Gasteiger partial charge in [-0.05, 0) is 78.1 Å². The number of hydrogen-bond donors (Lipinski definition) is 1. The van der Waals surface area contributed by atoms with Crippen molar-refractivity contribution in [3.05, 3.63) is 94.6 Å². The molecule has 0 bridgehead atoms. The Morgan fingerprint density at radius 1 is 1.05 bits per heavy atom. The number of rotatable bonds is 8. The third-order valence-corrected chi connectivity index (χ3v) is 6.51. The molecular formula is C31H30N2O5. The van der Waals surface area contributed by atoms with Crippen LogP contribution in [-0.4, -0.2) is 30.5 Å². The summed E-state index contributed by atoms with van der Waals surface area (Å²) in [6.07, 6.45) is 0.862. The van der Waals surface area contributed by atoms with Crippen molar-refractivity contribution in [2.24, 2.45) is 0 Å². The molecule has 1 saturated heterocycles. The minimum absolute atomic E-state index is 0.0125. The molecule has 0 radical (unpaired) electrons. The van der Waals surface area contributed by atoms with E-state index < -0.39 is 17.7 Å². The van der Waals surface area contributed by atoms with Gasteiger partial charge >= 0.3 is 0 Å². The Bertz CT molecular complexity index is 1420. The SMILES string of the molecule is CCCOc1ccc(C2/C(=C(/O)c3ccc(OC)c(C(C)C)c3)C(=O)C(=O)N2c2ccc(C#N)cc2)cc1. The van der Waals surface area contributed by atoms with Crippen LogP contribution in [0.1, 0.15) is 61.4 Å². The van der Waals surface area contributed by atoms with Gasteiger partial charge in [-0.25, -0.2) is 0 Å². The molecule has 1 aliphatic rings. The van der Waals surface area contributed by atoms with E-state index in [1.165, 1.54) is 4.90 Å². The zero-order valence-corrected chi connectivity index (χ0v) is 21.9. The standard InChI is InChI=1S/C31H30N2O5/c1-5-16-38-24-13-8-21(9-14-24)28-27(29(34)22-10-15-26(37-4)25(17-22)19(2)3)30(35)31(36)33(28)23-11-6-20(18-32)7-12-23/h6-15,17,19,28,34H,5,16H2,1-4H3/b29-27-. The van der Waals surface area contributed by atoms with Gasteiger partial charge in [0.15, 0.2) is 0 Å². The molecule has 1 atom stereocenters. The number of aliphatic hydroxyl groups excluding tert-OH is 1. The molecule has 0 saturated carbocycles. The van der Waals surface area contributed by atoms with Crippen LogP contribution < -0.4 is 14.4 Å². The maximum absolute atomic E-state index is 13.5. The summed E-state index contributed by atoms with van der Waals surface area (Å²) in [5.41, 5.74) is 2.78. The average Bonchev–Trinajstić information content (AvgIpc) is 3.21. The Morgan fingerprint density at radius 2 is 1.74 bits per heavy atom. The Morgan fingerprint density at radius 3 is 2.32 bits per heavy atom. The number of methoxy groups -OCH3 is 1. The number of amides is 1. The van der Waals surface area contributed by atoms with Crippen LogP contribution in [-0.2, 0) is 9.59 Å². The molecule has 0 aliphatic carbocycles. The summed E-state index contributed by atoms with van der Waals surface area (Å²) in [7, 11) is 1.58. The molecule has 38 heavy (non-hydrogen) atoms. The highest BCUT2D eigenvalue weighted by molar-refractivity contribution is 6.51. The van der Waals surface area contributed by atoms with Crippen LogP contribution in [0.3, 0.4) is 0 Å². The highest BCUT2D eigenvalue weighted by Gasteiger charge is 2.47. The molecule has 7 nitrogen and oxygen atoms in total. The van der Waals surface area contributed by atoms with Gasteiger partial charge in [-0.15, -0.1) is 0 Å². The molecule has 7 heteroatoms. The summed E-state index contributed by atoms with van der Waals surface area (Å²) in [6.45, 7) is 6.60. The second-order valence-corrected chi connectivity index (χ2v) is 9.36. The third-order valence-electron chi connectivity index (χ3n) is 6.51. The fraction of sp³-hybridized carbons (Fsp3) is 0.258. The number of nitrogens with zero attached hydrogens (tertiary/aromatic N) is 2. The maximum Gasteiger partial charge on any atom is 0.300 e. The van der Waals surface area contributed by atoms with Gasteiger partial charge in [0.25, 0.3) is 11.7 Å². The Balaban J connectivity index is 1.89. The minimum atomic E-state index is -0.882. The molecule has 1 fully saturated rings. The molecule has 3 aromatic carbocycles. The molecule has 1 N–H and O–H groups in total. The van der Waals surface area contributed by atoms with Gasteiger partial charge in [-0.2, -0.15) is 5.26 Å². The van der Waals surface area contributed by atoms with Gasteiger partial charge in [0.1, 0.15) is 17.3 Å². The van der Waals surface area contributed by atoms with Crippen LogP contribution >= 0.6 is 0 Å². The van der Waals surface area contributed by atoms with Crippen molar-refractivity contribution in [1.82, 2.24) is 0 Å². The van der Waals surface area contributed by atoms with Crippen LogP contribution in [0.25, 0.3) is 5.76 Å². The summed E-state index contributed by atoms with van der Waals surface area (Å²) >= 11 is 0. The Hall–Kier alpha value is -4.57. The lowest BCUT2D eigenvalue weighted by Gasteiger charge is -2.25. The first-order valence-corrected chi connectivity index (χ1v) is 12.5. The largest absolute Gasteiger partial charge is 0.507 e. The molecule has 194 valence electrons. The number of anilines is 1. The number of benzene rings is 3. The van der Waals surface area contributed by atoms with Gasteiger partial charge in [-0.3, -0.25) is 14.5 Å². The first-order valence-electron chi connectivity index (χ1n) is 12.5. The first-order chi connectivity index (χ1) is 18.3. The summed E-state index contributed by atoms with van der Waals surface area (Å²) in [4.78, 5) is 28.2. The van der Waals surface area contributed by atoms with Crippen molar-refractivity contribution in [1.29, 1.82) is 5.26 Å². The fourth-order valence-electron chi connectivity index (χ4n) is 4.57. The molecule has 4 rings (SSSR count). The fourth-order valence-corrected chi connectivity index (χ4v) is 4.57. The monoisotopic (exact) mass is 510 g/mol. The van der Waals surface area contributed by atoms with Gasteiger partial charge in [0, 0.05) is 11.3 Å². The molecule has 1 aliphatic heterocycles. The summed E-state index contributed by atoms with van der Waals surface area (Å²) in [5, 5.41) is 20.7. The van der Waals surface area contributed by atoms with E-state index in [1.54, 1.807) is 73.8 Å². The second kappa shape index (κ2) is 11.2. The number of hydrogen-bond acceptors (Lipinski definition) is 6. The number of nitriles is 1. The van der Waals surface area contributed by atoms with Crippen molar-refractivity contribution in [3.63, 3.8) is 0 Å². The van der Waals surface area contributed by atoms with E-state index in [9.17, 15) is 20.0 Å². The van der Waals surface area contributed by atoms with Gasteiger partial charge in [-0.1, -0.05) is 32.9 Å². The van der Waals surface area contributed by atoms with Crippen LogP contribution in [0.2, 0.25) is 0 Å². The minimum Gasteiger partial charge on any atom is -0.507 e. The predicted molar refractivity (Wildman–Crippen MR) is 145 cm³/mol. The molecular weight excluding hydrogens is 480 g/mol. The Kier molecular flexibility index (Phi) is 7.82. The molecule has 1 heterocycles. The van der Waals surface area contributed by atoms with Crippen LogP contribution in [0.5, 0.6) is 11.5 Å². The van der Waals surface area contributed by atoms with Gasteiger partial charge < -0.3 is 14.6 Å². The van der Waals surface area contributed by atoms with E-state index in [0.29, 0.717) is 40.5 Å². The van der Waals surface area contributed by atoms with Crippen LogP contribution in [0.15, 0.2) is 72.3 Å². The lowest BCUT2D eigenvalue weighted by molar-refractivity contribution is -0.132. The number of ketones is 1. The Labute approximate surface area is 222 Å². The predicted octanol–water partition coefficient (Wildman–Crippen LogP) is 6.11. The van der Waals surface area contributed by atoms with E-state index in [0.717, 1.165) is 12.0 Å². The number of carbonyl (C=O) groups is 2. The molecule has 0 aromatic heterocycles. The normalized spacial score (nSPS) is 16.5. The lowest BCUT2D eigenvalue weighted by Crippen LogP contribution is -2.29. The van der Waals surface area contributed by atoms with E-state index in [2.05, 4.69) is 6.07 Å².